The molecule has 3 fully saturated rings. The number of aliphatic hydroxyl groups is 1. The summed E-state index contributed by atoms with van der Waals surface area (Å²) >= 11 is 5.53. The largest absolute Gasteiger partial charge is 0.394 e. The minimum Gasteiger partial charge on any atom is -0.394 e. The highest BCUT2D eigenvalue weighted by Gasteiger charge is 2.76. The summed E-state index contributed by atoms with van der Waals surface area (Å²) in [6.07, 6.45) is 6.61. The number of likely N-dealkylation sites (tertiary alicyclic amines) is 1. The number of carbonyl (C=O) groups is 3. The Morgan fingerprint density at radius 3 is 2.43 bits per heavy atom. The Morgan fingerprint density at radius 2 is 1.83 bits per heavy atom. The fourth-order valence-electron chi connectivity index (χ4n) is 7.17. The van der Waals surface area contributed by atoms with Gasteiger partial charge in [0.1, 0.15) is 6.04 Å². The number of hydrogen-bond donors (Lipinski definition) is 1. The lowest BCUT2D eigenvalue weighted by Gasteiger charge is -2.41. The lowest BCUT2D eigenvalue weighted by atomic mass is 9.70. The van der Waals surface area contributed by atoms with Crippen molar-refractivity contribution in [1.29, 1.82) is 0 Å². The van der Waals surface area contributed by atoms with E-state index < -0.39 is 28.7 Å². The van der Waals surface area contributed by atoms with E-state index in [1.807, 2.05) is 49.1 Å². The molecule has 1 N–H and O–H groups in total. The Kier molecular flexibility index (Phi) is 11.0. The van der Waals surface area contributed by atoms with Crippen molar-refractivity contribution in [1.82, 2.24) is 14.7 Å². The van der Waals surface area contributed by atoms with Crippen LogP contribution in [-0.4, -0.2) is 90.7 Å². The predicted molar refractivity (Wildman–Crippen MR) is 173 cm³/mol. The zero-order valence-electron chi connectivity index (χ0n) is 25.2. The Bertz CT molecular complexity index is 1150. The molecule has 3 amide bonds. The zero-order chi connectivity index (χ0) is 30.6. The maximum absolute atomic E-state index is 14.7. The first-order chi connectivity index (χ1) is 20.2. The smallest absolute Gasteiger partial charge is 0.247 e. The minimum absolute atomic E-state index is 0.0144. The van der Waals surface area contributed by atoms with Crippen molar-refractivity contribution in [2.75, 3.05) is 26.2 Å². The summed E-state index contributed by atoms with van der Waals surface area (Å²) in [4.78, 5) is 49.0. The van der Waals surface area contributed by atoms with Crippen LogP contribution in [0.3, 0.4) is 0 Å². The molecule has 3 heterocycles. The molecule has 230 valence electrons. The van der Waals surface area contributed by atoms with Crippen LogP contribution in [0.5, 0.6) is 0 Å². The summed E-state index contributed by atoms with van der Waals surface area (Å²) in [6, 6.07) is 8.58. The average Bonchev–Trinajstić information content (AvgIpc) is 3.58. The van der Waals surface area contributed by atoms with Gasteiger partial charge in [-0.2, -0.15) is 0 Å². The number of alkyl halides is 1. The van der Waals surface area contributed by atoms with Crippen molar-refractivity contribution in [3.05, 3.63) is 61.2 Å². The van der Waals surface area contributed by atoms with Crippen LogP contribution >= 0.6 is 27.7 Å². The van der Waals surface area contributed by atoms with Gasteiger partial charge < -0.3 is 19.8 Å². The number of aliphatic hydroxyl groups excluding tert-OH is 1. The molecule has 3 aliphatic heterocycles. The van der Waals surface area contributed by atoms with Crippen molar-refractivity contribution in [2.45, 2.75) is 79.9 Å². The Labute approximate surface area is 263 Å². The zero-order valence-corrected chi connectivity index (χ0v) is 27.6. The Morgan fingerprint density at radius 1 is 1.17 bits per heavy atom. The van der Waals surface area contributed by atoms with Crippen LogP contribution in [0, 0.1) is 17.8 Å². The minimum atomic E-state index is -0.758. The van der Waals surface area contributed by atoms with E-state index in [2.05, 4.69) is 36.0 Å². The molecule has 0 radical (unpaired) electrons. The van der Waals surface area contributed by atoms with Gasteiger partial charge in [0.25, 0.3) is 0 Å². The number of thioether (sulfide) groups is 1. The molecule has 3 unspecified atom stereocenters. The van der Waals surface area contributed by atoms with Gasteiger partial charge in [0.2, 0.25) is 17.7 Å². The van der Waals surface area contributed by atoms with E-state index in [1.165, 1.54) is 0 Å². The van der Waals surface area contributed by atoms with Gasteiger partial charge in [0.05, 0.1) is 29.2 Å². The van der Waals surface area contributed by atoms with Crippen molar-refractivity contribution in [2.24, 2.45) is 17.8 Å². The molecule has 1 aromatic rings. The van der Waals surface area contributed by atoms with Crippen molar-refractivity contribution in [3.63, 3.8) is 0 Å². The molecule has 3 aliphatic rings. The van der Waals surface area contributed by atoms with Gasteiger partial charge in [-0.15, -0.1) is 24.9 Å². The van der Waals surface area contributed by atoms with E-state index in [0.717, 1.165) is 24.8 Å². The standard InChI is InChI=1S/C33H46BrN3O4S/c1-6-10-18-35(16-7-2)32(41)29-33-19-24(34)28(42-33)26(27(33)31(40)37(29)25(21-38)22(5)9-4)30(39)36(17-8-3)20-23-14-12-11-13-15-23/h7-8,11-15,22,24-29,38H,2-3,6,9-10,16-21H2,1,4-5H3/t22-,24?,25-,26-,27-,28-,29?,33?/m0/s1. The molecule has 0 saturated carbocycles. The van der Waals surface area contributed by atoms with Crippen LogP contribution in [0.25, 0.3) is 0 Å². The normalized spacial score (nSPS) is 29.2. The highest BCUT2D eigenvalue weighted by atomic mass is 79.9. The maximum atomic E-state index is 14.7. The summed E-state index contributed by atoms with van der Waals surface area (Å²) in [5.41, 5.74) is 1.01. The molecular formula is C33H46BrN3O4S. The van der Waals surface area contributed by atoms with E-state index in [1.54, 1.807) is 33.7 Å². The second-order valence-electron chi connectivity index (χ2n) is 12.0. The number of carbonyl (C=O) groups excluding carboxylic acids is 3. The molecule has 4 rings (SSSR count). The van der Waals surface area contributed by atoms with Gasteiger partial charge in [-0.3, -0.25) is 14.4 Å². The number of fused-ring (bicyclic) bond motifs is 1. The molecule has 0 aliphatic carbocycles. The average molecular weight is 661 g/mol. The van der Waals surface area contributed by atoms with Crippen LogP contribution in [0.15, 0.2) is 55.6 Å². The molecule has 0 aromatic heterocycles. The monoisotopic (exact) mass is 659 g/mol. The van der Waals surface area contributed by atoms with E-state index >= 15 is 0 Å². The first-order valence-electron chi connectivity index (χ1n) is 15.3. The molecule has 2 bridgehead atoms. The molecule has 42 heavy (non-hydrogen) atoms. The first-order valence-corrected chi connectivity index (χ1v) is 17.1. The highest BCUT2D eigenvalue weighted by molar-refractivity contribution is 9.09. The number of rotatable bonds is 15. The Balaban J connectivity index is 1.79. The topological polar surface area (TPSA) is 81.2 Å². The van der Waals surface area contributed by atoms with Gasteiger partial charge in [0, 0.05) is 36.3 Å². The predicted octanol–water partition coefficient (Wildman–Crippen LogP) is 4.89. The quantitative estimate of drug-likeness (QED) is 0.214. The summed E-state index contributed by atoms with van der Waals surface area (Å²) in [7, 11) is 0. The molecule has 9 heteroatoms. The maximum Gasteiger partial charge on any atom is 0.247 e. The number of hydrogen-bond acceptors (Lipinski definition) is 5. The fourth-order valence-corrected chi connectivity index (χ4v) is 10.8. The Hall–Kier alpha value is -2.10. The van der Waals surface area contributed by atoms with Crippen molar-refractivity contribution in [3.8, 4) is 0 Å². The lowest BCUT2D eigenvalue weighted by molar-refractivity contribution is -0.148. The van der Waals surface area contributed by atoms with Crippen LogP contribution in [0.4, 0.5) is 0 Å². The van der Waals surface area contributed by atoms with Crippen LogP contribution in [-0.2, 0) is 20.9 Å². The molecule has 1 aromatic carbocycles. The summed E-state index contributed by atoms with van der Waals surface area (Å²) < 4.78 is -0.758. The second-order valence-corrected chi connectivity index (χ2v) is 14.7. The fraction of sp³-hybridized carbons (Fsp3) is 0.606. The number of nitrogens with zero attached hydrogens (tertiary/aromatic N) is 3. The number of halogens is 1. The molecular weight excluding hydrogens is 614 g/mol. The highest BCUT2D eigenvalue weighted by Crippen LogP contribution is 2.68. The summed E-state index contributed by atoms with van der Waals surface area (Å²) in [6.45, 7) is 15.5. The SMILES string of the molecule is C=CCN(CCCC)C(=O)C1N([C@@H](CO)[C@@H](C)CC)C(=O)[C@@H]2[C@H](C(=O)N(CC=C)Cc3ccccc3)[C@H]3SC12CC3Br. The van der Waals surface area contributed by atoms with Crippen molar-refractivity contribution < 1.29 is 19.5 Å². The number of unbranched alkanes of at least 4 members (excludes halogenated alkanes) is 1. The molecule has 1 spiro atoms. The third kappa shape index (κ3) is 5.85. The van der Waals surface area contributed by atoms with Gasteiger partial charge in [-0.1, -0.05) is 92.0 Å². The van der Waals surface area contributed by atoms with E-state index in [4.69, 9.17) is 0 Å². The number of amides is 3. The van der Waals surface area contributed by atoms with E-state index in [9.17, 15) is 19.5 Å². The van der Waals surface area contributed by atoms with Gasteiger partial charge >= 0.3 is 0 Å². The van der Waals surface area contributed by atoms with Gasteiger partial charge in [-0.25, -0.2) is 0 Å². The summed E-state index contributed by atoms with van der Waals surface area (Å²) in [5, 5.41) is 10.5. The lowest BCUT2D eigenvalue weighted by Crippen LogP contribution is -2.59. The molecule has 7 nitrogen and oxygen atoms in total. The van der Waals surface area contributed by atoms with Gasteiger partial charge in [0.15, 0.2) is 0 Å². The van der Waals surface area contributed by atoms with Crippen molar-refractivity contribution >= 4 is 45.4 Å². The number of benzene rings is 1. The van der Waals surface area contributed by atoms with Gasteiger partial charge in [-0.05, 0) is 24.3 Å². The third-order valence-electron chi connectivity index (χ3n) is 9.41. The third-order valence-corrected chi connectivity index (χ3v) is 12.6. The van der Waals surface area contributed by atoms with Crippen LogP contribution in [0.1, 0.15) is 52.0 Å². The van der Waals surface area contributed by atoms with Crippen LogP contribution in [0.2, 0.25) is 0 Å². The van der Waals surface area contributed by atoms with E-state index in [-0.39, 0.29) is 40.3 Å². The molecule has 3 saturated heterocycles. The first kappa shape index (κ1) is 32.8. The molecule has 8 atom stereocenters. The van der Waals surface area contributed by atoms with Crippen LogP contribution < -0.4 is 0 Å². The second kappa shape index (κ2) is 14.1. The summed E-state index contributed by atoms with van der Waals surface area (Å²) in [5.74, 6) is -1.59. The van der Waals surface area contributed by atoms with E-state index in [0.29, 0.717) is 32.6 Å².